The third-order valence-corrected chi connectivity index (χ3v) is 4.18. The van der Waals surface area contributed by atoms with Gasteiger partial charge >= 0.3 is 0 Å². The average molecular weight is 357 g/mol. The lowest BCUT2D eigenvalue weighted by atomic mass is 9.92. The summed E-state index contributed by atoms with van der Waals surface area (Å²) in [4.78, 5) is 6.93. The van der Waals surface area contributed by atoms with Gasteiger partial charge in [-0.1, -0.05) is 13.8 Å². The van der Waals surface area contributed by atoms with E-state index in [-0.39, 0.29) is 0 Å². The molecule has 2 unspecified atom stereocenters. The van der Waals surface area contributed by atoms with E-state index < -0.39 is 0 Å². The smallest absolute Gasteiger partial charge is 0.212 e. The fraction of sp³-hybridized carbons (Fsp3) is 0.583. The Morgan fingerprint density at radius 2 is 2.00 bits per heavy atom. The zero-order chi connectivity index (χ0) is 12.7. The number of anilines is 1. The fourth-order valence-corrected chi connectivity index (χ4v) is 3.35. The van der Waals surface area contributed by atoms with Crippen LogP contribution in [0.25, 0.3) is 5.65 Å². The zero-order valence-corrected chi connectivity index (χ0v) is 12.7. The first-order chi connectivity index (χ1) is 8.65. The number of nitrogens with zero attached hydrogens (tertiary/aromatic N) is 5. The molecule has 1 saturated heterocycles. The Labute approximate surface area is 120 Å². The quantitative estimate of drug-likeness (QED) is 0.735. The van der Waals surface area contributed by atoms with Crippen molar-refractivity contribution in [3.8, 4) is 0 Å². The lowest BCUT2D eigenvalue weighted by molar-refractivity contribution is 0.353. The molecule has 0 aliphatic carbocycles. The van der Waals surface area contributed by atoms with Crippen LogP contribution in [-0.2, 0) is 0 Å². The molecule has 0 aromatic carbocycles. The van der Waals surface area contributed by atoms with E-state index in [2.05, 4.69) is 56.5 Å². The third kappa shape index (κ3) is 2.06. The van der Waals surface area contributed by atoms with Crippen molar-refractivity contribution in [3.63, 3.8) is 0 Å². The van der Waals surface area contributed by atoms with Crippen LogP contribution in [-0.4, -0.2) is 32.7 Å². The van der Waals surface area contributed by atoms with Gasteiger partial charge in [-0.25, -0.2) is 4.98 Å². The first kappa shape index (κ1) is 12.1. The topological polar surface area (TPSA) is 46.3 Å². The number of rotatable bonds is 1. The van der Waals surface area contributed by atoms with Crippen molar-refractivity contribution < 1.29 is 0 Å². The van der Waals surface area contributed by atoms with E-state index in [1.54, 1.807) is 6.33 Å². The monoisotopic (exact) mass is 357 g/mol. The molecule has 0 saturated carbocycles. The molecule has 2 aromatic rings. The van der Waals surface area contributed by atoms with Crippen LogP contribution in [0.4, 0.5) is 5.95 Å². The lowest BCUT2D eigenvalue weighted by Crippen LogP contribution is -2.40. The molecule has 3 heterocycles. The maximum absolute atomic E-state index is 4.57. The molecule has 2 aromatic heterocycles. The molecular formula is C12H16IN5. The number of fused-ring (bicyclic) bond motifs is 1. The highest BCUT2D eigenvalue weighted by molar-refractivity contribution is 14.1. The van der Waals surface area contributed by atoms with E-state index in [0.29, 0.717) is 11.8 Å². The van der Waals surface area contributed by atoms with Gasteiger partial charge in [0.25, 0.3) is 0 Å². The molecule has 3 rings (SSSR count). The second kappa shape index (κ2) is 4.64. The van der Waals surface area contributed by atoms with Crippen molar-refractivity contribution in [2.75, 3.05) is 18.0 Å². The molecule has 0 bridgehead atoms. The third-order valence-electron chi connectivity index (χ3n) is 3.42. The summed E-state index contributed by atoms with van der Waals surface area (Å²) >= 11 is 2.25. The highest BCUT2D eigenvalue weighted by atomic mass is 127. The van der Waals surface area contributed by atoms with Crippen LogP contribution >= 0.6 is 22.6 Å². The molecule has 1 fully saturated rings. The van der Waals surface area contributed by atoms with Gasteiger partial charge in [0, 0.05) is 19.3 Å². The first-order valence-electron chi connectivity index (χ1n) is 6.24. The molecule has 2 atom stereocenters. The molecule has 0 radical (unpaired) electrons. The summed E-state index contributed by atoms with van der Waals surface area (Å²) in [5, 5.41) is 8.15. The molecule has 6 heteroatoms. The second-order valence-corrected chi connectivity index (χ2v) is 6.44. The Hall–Kier alpha value is -0.920. The van der Waals surface area contributed by atoms with E-state index >= 15 is 0 Å². The Kier molecular flexibility index (Phi) is 3.13. The van der Waals surface area contributed by atoms with Gasteiger partial charge in [-0.2, -0.15) is 0 Å². The molecular weight excluding hydrogens is 341 g/mol. The minimum atomic E-state index is 0.710. The average Bonchev–Trinajstić information content (AvgIpc) is 2.77. The normalized spacial score (nSPS) is 24.7. The van der Waals surface area contributed by atoms with Gasteiger partial charge in [0.2, 0.25) is 5.95 Å². The Morgan fingerprint density at radius 3 is 2.72 bits per heavy atom. The standard InChI is InChI=1S/C12H16IN5/c1-8-3-9(2)6-17(5-8)12-14-4-10(13)11-16-15-7-18(11)12/h4,7-9H,3,5-6H2,1-2H3. The summed E-state index contributed by atoms with van der Waals surface area (Å²) in [5.41, 5.74) is 0.895. The van der Waals surface area contributed by atoms with E-state index in [4.69, 9.17) is 0 Å². The first-order valence-corrected chi connectivity index (χ1v) is 7.32. The zero-order valence-electron chi connectivity index (χ0n) is 10.5. The van der Waals surface area contributed by atoms with Crippen molar-refractivity contribution in [2.45, 2.75) is 20.3 Å². The highest BCUT2D eigenvalue weighted by Gasteiger charge is 2.24. The SMILES string of the molecule is CC1CC(C)CN(c2ncc(I)c3nncn23)C1. The summed E-state index contributed by atoms with van der Waals surface area (Å²) in [6.07, 6.45) is 4.93. The number of hydrogen-bond donors (Lipinski definition) is 0. The number of halogens is 1. The van der Waals surface area contributed by atoms with Gasteiger partial charge in [-0.3, -0.25) is 4.40 Å². The van der Waals surface area contributed by atoms with Crippen LogP contribution in [0.1, 0.15) is 20.3 Å². The van der Waals surface area contributed by atoms with E-state index in [9.17, 15) is 0 Å². The molecule has 0 spiro atoms. The predicted octanol–water partition coefficient (Wildman–Crippen LogP) is 2.21. The van der Waals surface area contributed by atoms with Crippen LogP contribution in [0, 0.1) is 15.4 Å². The molecule has 96 valence electrons. The maximum atomic E-state index is 4.57. The Balaban J connectivity index is 2.03. The van der Waals surface area contributed by atoms with E-state index in [1.807, 2.05) is 10.6 Å². The molecule has 0 amide bonds. The van der Waals surface area contributed by atoms with E-state index in [0.717, 1.165) is 28.3 Å². The van der Waals surface area contributed by atoms with Gasteiger partial charge in [-0.15, -0.1) is 10.2 Å². The van der Waals surface area contributed by atoms with E-state index in [1.165, 1.54) is 6.42 Å². The summed E-state index contributed by atoms with van der Waals surface area (Å²) < 4.78 is 3.03. The summed E-state index contributed by atoms with van der Waals surface area (Å²) in [7, 11) is 0. The van der Waals surface area contributed by atoms with Crippen molar-refractivity contribution in [1.82, 2.24) is 19.6 Å². The van der Waals surface area contributed by atoms with Gasteiger partial charge in [0.15, 0.2) is 5.65 Å². The van der Waals surface area contributed by atoms with Crippen molar-refractivity contribution >= 4 is 34.2 Å². The summed E-state index contributed by atoms with van der Waals surface area (Å²) in [5.74, 6) is 2.39. The van der Waals surface area contributed by atoms with Gasteiger partial charge in [0.1, 0.15) is 6.33 Å². The van der Waals surface area contributed by atoms with Crippen LogP contribution in [0.5, 0.6) is 0 Å². The van der Waals surface area contributed by atoms with Crippen molar-refractivity contribution in [1.29, 1.82) is 0 Å². The minimum absolute atomic E-state index is 0.710. The molecule has 0 N–H and O–H groups in total. The van der Waals surface area contributed by atoms with Crippen molar-refractivity contribution in [3.05, 3.63) is 16.1 Å². The molecule has 1 aliphatic rings. The number of hydrogen-bond acceptors (Lipinski definition) is 4. The Bertz CT molecular complexity index is 557. The minimum Gasteiger partial charge on any atom is -0.341 e. The lowest BCUT2D eigenvalue weighted by Gasteiger charge is -2.35. The Morgan fingerprint density at radius 1 is 1.28 bits per heavy atom. The highest BCUT2D eigenvalue weighted by Crippen LogP contribution is 2.26. The molecule has 5 nitrogen and oxygen atoms in total. The van der Waals surface area contributed by atoms with Gasteiger partial charge < -0.3 is 4.90 Å². The summed E-state index contributed by atoms with van der Waals surface area (Å²) in [6.45, 7) is 6.73. The van der Waals surface area contributed by atoms with Gasteiger partial charge in [-0.05, 0) is 40.8 Å². The van der Waals surface area contributed by atoms with Crippen LogP contribution < -0.4 is 4.90 Å². The van der Waals surface area contributed by atoms with Crippen LogP contribution in [0.2, 0.25) is 0 Å². The summed E-state index contributed by atoms with van der Waals surface area (Å²) in [6, 6.07) is 0. The molecule has 18 heavy (non-hydrogen) atoms. The maximum Gasteiger partial charge on any atom is 0.212 e. The van der Waals surface area contributed by atoms with Crippen LogP contribution in [0.15, 0.2) is 12.5 Å². The fourth-order valence-electron chi connectivity index (χ4n) is 2.84. The molecule has 1 aliphatic heterocycles. The number of piperidine rings is 1. The van der Waals surface area contributed by atoms with Gasteiger partial charge in [0.05, 0.1) is 3.57 Å². The predicted molar refractivity (Wildman–Crippen MR) is 78.7 cm³/mol. The van der Waals surface area contributed by atoms with Crippen LogP contribution in [0.3, 0.4) is 0 Å². The van der Waals surface area contributed by atoms with Crippen molar-refractivity contribution in [2.24, 2.45) is 11.8 Å². The largest absolute Gasteiger partial charge is 0.341 e. The second-order valence-electron chi connectivity index (χ2n) is 5.28. The number of aromatic nitrogens is 4.